The Kier molecular flexibility index (Phi) is 4.65. The Morgan fingerprint density at radius 3 is 2.72 bits per heavy atom. The summed E-state index contributed by atoms with van der Waals surface area (Å²) in [7, 11) is 0. The summed E-state index contributed by atoms with van der Waals surface area (Å²) in [6, 6.07) is 9.03. The molecule has 2 unspecified atom stereocenters. The predicted octanol–water partition coefficient (Wildman–Crippen LogP) is 3.75. The normalized spacial score (nSPS) is 23.6. The molecule has 0 saturated heterocycles. The van der Waals surface area contributed by atoms with Gasteiger partial charge in [0.25, 0.3) is 0 Å². The highest BCUT2D eigenvalue weighted by Crippen LogP contribution is 2.26. The molecule has 2 heteroatoms. The Morgan fingerprint density at radius 2 is 2.06 bits per heavy atom. The summed E-state index contributed by atoms with van der Waals surface area (Å²) in [4.78, 5) is 0. The number of nitrogens with one attached hydrogen (secondary N) is 1. The van der Waals surface area contributed by atoms with E-state index in [1.807, 2.05) is 6.07 Å². The fourth-order valence-electron chi connectivity index (χ4n) is 2.71. The minimum Gasteiger partial charge on any atom is -0.491 e. The van der Waals surface area contributed by atoms with Gasteiger partial charge < -0.3 is 10.1 Å². The highest BCUT2D eigenvalue weighted by molar-refractivity contribution is 5.33. The first kappa shape index (κ1) is 13.4. The van der Waals surface area contributed by atoms with Crippen LogP contribution in [0, 0.1) is 5.92 Å². The van der Waals surface area contributed by atoms with E-state index in [4.69, 9.17) is 4.74 Å². The Morgan fingerprint density at radius 1 is 1.28 bits per heavy atom. The van der Waals surface area contributed by atoms with E-state index in [2.05, 4.69) is 44.3 Å². The summed E-state index contributed by atoms with van der Waals surface area (Å²) >= 11 is 0. The van der Waals surface area contributed by atoms with Crippen molar-refractivity contribution in [3.63, 3.8) is 0 Å². The van der Waals surface area contributed by atoms with Gasteiger partial charge in [0.15, 0.2) is 0 Å². The third-order valence-corrected chi connectivity index (χ3v) is 3.75. The van der Waals surface area contributed by atoms with Gasteiger partial charge in [0.1, 0.15) is 5.75 Å². The van der Waals surface area contributed by atoms with Crippen molar-refractivity contribution in [3.05, 3.63) is 29.8 Å². The standard InChI is InChI=1S/C16H25NO/c1-12(2)18-16-10-5-4-8-14(16)11-17-15-9-6-7-13(15)3/h4-5,8,10,12-13,15,17H,6-7,9,11H2,1-3H3. The van der Waals surface area contributed by atoms with Gasteiger partial charge in [-0.1, -0.05) is 31.5 Å². The van der Waals surface area contributed by atoms with E-state index < -0.39 is 0 Å². The number of ether oxygens (including phenoxy) is 1. The molecule has 0 bridgehead atoms. The second-order valence-corrected chi connectivity index (χ2v) is 5.67. The zero-order valence-corrected chi connectivity index (χ0v) is 11.8. The molecule has 2 nitrogen and oxygen atoms in total. The molecule has 0 aromatic heterocycles. The van der Waals surface area contributed by atoms with E-state index in [9.17, 15) is 0 Å². The van der Waals surface area contributed by atoms with Crippen LogP contribution in [0.1, 0.15) is 45.6 Å². The molecule has 1 aliphatic rings. The molecule has 1 fully saturated rings. The minimum absolute atomic E-state index is 0.233. The van der Waals surface area contributed by atoms with Crippen LogP contribution in [0.4, 0.5) is 0 Å². The molecule has 1 saturated carbocycles. The lowest BCUT2D eigenvalue weighted by molar-refractivity contribution is 0.239. The molecular formula is C16H25NO. The number of benzene rings is 1. The van der Waals surface area contributed by atoms with Gasteiger partial charge in [-0.3, -0.25) is 0 Å². The first-order valence-electron chi connectivity index (χ1n) is 7.14. The molecule has 1 N–H and O–H groups in total. The maximum atomic E-state index is 5.85. The average Bonchev–Trinajstić information content (AvgIpc) is 2.73. The van der Waals surface area contributed by atoms with Crippen LogP contribution in [0.15, 0.2) is 24.3 Å². The molecule has 1 aliphatic carbocycles. The van der Waals surface area contributed by atoms with Crippen LogP contribution in [0.3, 0.4) is 0 Å². The highest BCUT2D eigenvalue weighted by Gasteiger charge is 2.22. The van der Waals surface area contributed by atoms with E-state index >= 15 is 0 Å². The van der Waals surface area contributed by atoms with Crippen molar-refractivity contribution in [1.29, 1.82) is 0 Å². The lowest BCUT2D eigenvalue weighted by atomic mass is 10.1. The van der Waals surface area contributed by atoms with E-state index in [0.717, 1.165) is 18.2 Å². The zero-order chi connectivity index (χ0) is 13.0. The summed E-state index contributed by atoms with van der Waals surface area (Å²) in [5.74, 6) is 1.83. The third-order valence-electron chi connectivity index (χ3n) is 3.75. The van der Waals surface area contributed by atoms with E-state index in [0.29, 0.717) is 6.04 Å². The van der Waals surface area contributed by atoms with Gasteiger partial charge in [0, 0.05) is 18.2 Å². The van der Waals surface area contributed by atoms with Gasteiger partial charge in [-0.25, -0.2) is 0 Å². The quantitative estimate of drug-likeness (QED) is 0.855. The van der Waals surface area contributed by atoms with Crippen molar-refractivity contribution in [1.82, 2.24) is 5.32 Å². The Balaban J connectivity index is 1.95. The molecule has 1 aromatic rings. The Hall–Kier alpha value is -1.02. The van der Waals surface area contributed by atoms with Crippen LogP contribution in [0.5, 0.6) is 5.75 Å². The number of para-hydroxylation sites is 1. The van der Waals surface area contributed by atoms with Crippen LogP contribution in [0.2, 0.25) is 0 Å². The average molecular weight is 247 g/mol. The zero-order valence-electron chi connectivity index (χ0n) is 11.8. The largest absolute Gasteiger partial charge is 0.491 e. The van der Waals surface area contributed by atoms with Crippen molar-refractivity contribution in [2.24, 2.45) is 5.92 Å². The molecule has 0 radical (unpaired) electrons. The summed E-state index contributed by atoms with van der Waals surface area (Å²) < 4.78 is 5.85. The molecule has 2 atom stereocenters. The smallest absolute Gasteiger partial charge is 0.124 e. The fraction of sp³-hybridized carbons (Fsp3) is 0.625. The molecular weight excluding hydrogens is 222 g/mol. The van der Waals surface area contributed by atoms with E-state index in [1.54, 1.807) is 0 Å². The van der Waals surface area contributed by atoms with Crippen molar-refractivity contribution < 1.29 is 4.74 Å². The van der Waals surface area contributed by atoms with Crippen LogP contribution >= 0.6 is 0 Å². The fourth-order valence-corrected chi connectivity index (χ4v) is 2.71. The second kappa shape index (κ2) is 6.24. The van der Waals surface area contributed by atoms with Crippen molar-refractivity contribution in [2.75, 3.05) is 0 Å². The maximum absolute atomic E-state index is 5.85. The molecule has 0 amide bonds. The lowest BCUT2D eigenvalue weighted by Gasteiger charge is -2.19. The van der Waals surface area contributed by atoms with Crippen LogP contribution in [0.25, 0.3) is 0 Å². The molecule has 1 aromatic carbocycles. The second-order valence-electron chi connectivity index (χ2n) is 5.67. The van der Waals surface area contributed by atoms with Crippen LogP contribution in [-0.4, -0.2) is 12.1 Å². The van der Waals surface area contributed by atoms with Gasteiger partial charge in [-0.2, -0.15) is 0 Å². The van der Waals surface area contributed by atoms with Gasteiger partial charge in [-0.05, 0) is 38.7 Å². The van der Waals surface area contributed by atoms with Gasteiger partial charge in [0.2, 0.25) is 0 Å². The molecule has 100 valence electrons. The number of rotatable bonds is 5. The molecule has 0 spiro atoms. The Labute approximate surface area is 111 Å². The number of hydrogen-bond acceptors (Lipinski definition) is 2. The third kappa shape index (κ3) is 3.49. The summed E-state index contributed by atoms with van der Waals surface area (Å²) in [6.45, 7) is 7.41. The van der Waals surface area contributed by atoms with Crippen molar-refractivity contribution >= 4 is 0 Å². The molecule has 0 heterocycles. The molecule has 2 rings (SSSR count). The highest BCUT2D eigenvalue weighted by atomic mass is 16.5. The summed E-state index contributed by atoms with van der Waals surface area (Å²) in [6.07, 6.45) is 4.27. The predicted molar refractivity (Wildman–Crippen MR) is 75.8 cm³/mol. The SMILES string of the molecule is CC(C)Oc1ccccc1CNC1CCCC1C. The van der Waals surface area contributed by atoms with Crippen LogP contribution < -0.4 is 10.1 Å². The van der Waals surface area contributed by atoms with Crippen molar-refractivity contribution in [2.45, 2.75) is 58.7 Å². The van der Waals surface area contributed by atoms with Gasteiger partial charge >= 0.3 is 0 Å². The van der Waals surface area contributed by atoms with Gasteiger partial charge in [-0.15, -0.1) is 0 Å². The Bertz CT molecular complexity index is 375. The monoisotopic (exact) mass is 247 g/mol. The summed E-state index contributed by atoms with van der Waals surface area (Å²) in [5, 5.41) is 3.68. The van der Waals surface area contributed by atoms with Gasteiger partial charge in [0.05, 0.1) is 6.10 Å². The number of hydrogen-bond donors (Lipinski definition) is 1. The first-order valence-corrected chi connectivity index (χ1v) is 7.14. The van der Waals surface area contributed by atoms with Crippen LogP contribution in [-0.2, 0) is 6.54 Å². The minimum atomic E-state index is 0.233. The maximum Gasteiger partial charge on any atom is 0.124 e. The molecule has 18 heavy (non-hydrogen) atoms. The van der Waals surface area contributed by atoms with E-state index in [1.165, 1.54) is 24.8 Å². The summed E-state index contributed by atoms with van der Waals surface area (Å²) in [5.41, 5.74) is 1.27. The topological polar surface area (TPSA) is 21.3 Å². The first-order chi connectivity index (χ1) is 8.66. The van der Waals surface area contributed by atoms with E-state index in [-0.39, 0.29) is 6.10 Å². The molecule has 0 aliphatic heterocycles. The lowest BCUT2D eigenvalue weighted by Crippen LogP contribution is -2.30. The van der Waals surface area contributed by atoms with Crippen molar-refractivity contribution in [3.8, 4) is 5.75 Å².